The van der Waals surface area contributed by atoms with Crippen LogP contribution in [0.15, 0.2) is 52.0 Å². The number of nitrogens with one attached hydrogen (secondary N) is 1. The summed E-state index contributed by atoms with van der Waals surface area (Å²) in [6, 6.07) is 13.4. The van der Waals surface area contributed by atoms with E-state index in [1.54, 1.807) is 13.3 Å². The highest BCUT2D eigenvalue weighted by Gasteiger charge is 2.01. The first-order valence-corrected chi connectivity index (χ1v) is 7.20. The van der Waals surface area contributed by atoms with Gasteiger partial charge in [-0.15, -0.1) is 0 Å². The molecular formula is C15H14BrClN2O. The number of methoxy groups -OCH3 is 1. The van der Waals surface area contributed by atoms with Crippen molar-refractivity contribution in [1.29, 1.82) is 0 Å². The number of rotatable bonds is 5. The van der Waals surface area contributed by atoms with E-state index in [1.807, 2.05) is 42.5 Å². The molecule has 0 radical (unpaired) electrons. The van der Waals surface area contributed by atoms with E-state index in [4.69, 9.17) is 16.3 Å². The molecule has 0 bridgehead atoms. The quantitative estimate of drug-likeness (QED) is 0.644. The van der Waals surface area contributed by atoms with Crippen LogP contribution in [0.5, 0.6) is 5.75 Å². The topological polar surface area (TPSA) is 33.6 Å². The summed E-state index contributed by atoms with van der Waals surface area (Å²) in [6.07, 6.45) is 1.72. The maximum Gasteiger partial charge on any atom is 0.127 e. The van der Waals surface area contributed by atoms with Crippen LogP contribution in [0.2, 0.25) is 5.02 Å². The summed E-state index contributed by atoms with van der Waals surface area (Å²) < 4.78 is 6.25. The van der Waals surface area contributed by atoms with E-state index in [9.17, 15) is 0 Å². The molecule has 5 heteroatoms. The molecule has 0 aliphatic rings. The van der Waals surface area contributed by atoms with Gasteiger partial charge in [0, 0.05) is 15.1 Å². The lowest BCUT2D eigenvalue weighted by molar-refractivity contribution is 0.414. The molecule has 0 aliphatic carbocycles. The molecule has 0 heterocycles. The Morgan fingerprint density at radius 3 is 2.85 bits per heavy atom. The fourth-order valence-electron chi connectivity index (χ4n) is 1.69. The fraction of sp³-hybridized carbons (Fsp3) is 0.133. The predicted octanol–water partition coefficient (Wildman–Crippen LogP) is 4.23. The fourth-order valence-corrected chi connectivity index (χ4v) is 2.28. The van der Waals surface area contributed by atoms with Gasteiger partial charge in [-0.3, -0.25) is 0 Å². The van der Waals surface area contributed by atoms with Gasteiger partial charge < -0.3 is 10.2 Å². The summed E-state index contributed by atoms with van der Waals surface area (Å²) in [5, 5.41) is 4.92. The second kappa shape index (κ2) is 7.31. The maximum atomic E-state index is 6.07. The summed E-state index contributed by atoms with van der Waals surface area (Å²) in [5.41, 5.74) is 4.88. The van der Waals surface area contributed by atoms with E-state index in [-0.39, 0.29) is 0 Å². The molecule has 0 saturated carbocycles. The van der Waals surface area contributed by atoms with E-state index in [1.165, 1.54) is 0 Å². The molecule has 2 rings (SSSR count). The van der Waals surface area contributed by atoms with Crippen molar-refractivity contribution in [2.24, 2.45) is 5.10 Å². The Balaban J connectivity index is 2.00. The van der Waals surface area contributed by atoms with Crippen molar-refractivity contribution in [3.05, 3.63) is 63.1 Å². The second-order valence-corrected chi connectivity index (χ2v) is 5.39. The number of ether oxygens (including phenoxy) is 1. The largest absolute Gasteiger partial charge is 0.496 e. The van der Waals surface area contributed by atoms with Crippen LogP contribution >= 0.6 is 27.5 Å². The third kappa shape index (κ3) is 3.99. The molecule has 0 aromatic heterocycles. The SMILES string of the molecule is COc1ccc(Br)cc1/C=N\NCc1ccccc1Cl. The van der Waals surface area contributed by atoms with Crippen molar-refractivity contribution in [1.82, 2.24) is 5.43 Å². The molecule has 0 fully saturated rings. The molecule has 0 amide bonds. The van der Waals surface area contributed by atoms with Crippen LogP contribution in [0, 0.1) is 0 Å². The van der Waals surface area contributed by atoms with Gasteiger partial charge in [0.25, 0.3) is 0 Å². The molecule has 0 saturated heterocycles. The smallest absolute Gasteiger partial charge is 0.127 e. The van der Waals surface area contributed by atoms with Crippen LogP contribution in [-0.4, -0.2) is 13.3 Å². The first kappa shape index (κ1) is 14.9. The van der Waals surface area contributed by atoms with Crippen molar-refractivity contribution < 1.29 is 4.74 Å². The van der Waals surface area contributed by atoms with Crippen molar-refractivity contribution >= 4 is 33.7 Å². The average molecular weight is 354 g/mol. The van der Waals surface area contributed by atoms with Crippen molar-refractivity contribution in [2.45, 2.75) is 6.54 Å². The first-order valence-electron chi connectivity index (χ1n) is 6.03. The predicted molar refractivity (Wildman–Crippen MR) is 86.6 cm³/mol. The zero-order valence-electron chi connectivity index (χ0n) is 10.9. The van der Waals surface area contributed by atoms with Crippen LogP contribution in [0.4, 0.5) is 0 Å². The Morgan fingerprint density at radius 1 is 1.30 bits per heavy atom. The number of hydrazone groups is 1. The van der Waals surface area contributed by atoms with Crippen LogP contribution in [0.25, 0.3) is 0 Å². The van der Waals surface area contributed by atoms with Crippen molar-refractivity contribution in [3.63, 3.8) is 0 Å². The molecule has 2 aromatic rings. The zero-order valence-corrected chi connectivity index (χ0v) is 13.3. The van der Waals surface area contributed by atoms with Crippen LogP contribution in [-0.2, 0) is 6.54 Å². The monoisotopic (exact) mass is 352 g/mol. The maximum absolute atomic E-state index is 6.07. The van der Waals surface area contributed by atoms with E-state index in [2.05, 4.69) is 26.5 Å². The minimum atomic E-state index is 0.576. The molecule has 0 unspecified atom stereocenters. The van der Waals surface area contributed by atoms with Crippen molar-refractivity contribution in [2.75, 3.05) is 7.11 Å². The Kier molecular flexibility index (Phi) is 5.44. The van der Waals surface area contributed by atoms with Gasteiger partial charge in [-0.05, 0) is 29.8 Å². The number of halogens is 2. The standard InChI is InChI=1S/C15H14BrClN2O/c1-20-15-7-6-13(16)8-12(15)10-19-18-9-11-4-2-3-5-14(11)17/h2-8,10,18H,9H2,1H3/b19-10-. The number of benzene rings is 2. The number of nitrogens with zero attached hydrogens (tertiary/aromatic N) is 1. The van der Waals surface area contributed by atoms with Gasteiger partial charge in [-0.1, -0.05) is 45.7 Å². The van der Waals surface area contributed by atoms with Gasteiger partial charge in [0.2, 0.25) is 0 Å². The zero-order chi connectivity index (χ0) is 14.4. The van der Waals surface area contributed by atoms with Crippen LogP contribution in [0.3, 0.4) is 0 Å². The minimum absolute atomic E-state index is 0.576. The Labute approximate surface area is 131 Å². The van der Waals surface area contributed by atoms with Gasteiger partial charge >= 0.3 is 0 Å². The highest BCUT2D eigenvalue weighted by molar-refractivity contribution is 9.10. The summed E-state index contributed by atoms with van der Waals surface area (Å²) >= 11 is 9.50. The molecule has 1 N–H and O–H groups in total. The highest BCUT2D eigenvalue weighted by Crippen LogP contribution is 2.21. The normalized spacial score (nSPS) is 10.8. The lowest BCUT2D eigenvalue weighted by Crippen LogP contribution is -2.06. The minimum Gasteiger partial charge on any atom is -0.496 e. The van der Waals surface area contributed by atoms with Gasteiger partial charge in [-0.25, -0.2) is 0 Å². The van der Waals surface area contributed by atoms with E-state index >= 15 is 0 Å². The molecule has 0 spiro atoms. The molecule has 3 nitrogen and oxygen atoms in total. The van der Waals surface area contributed by atoms with Gasteiger partial charge in [0.1, 0.15) is 5.75 Å². The Hall–Kier alpha value is -1.52. The highest BCUT2D eigenvalue weighted by atomic mass is 79.9. The lowest BCUT2D eigenvalue weighted by Gasteiger charge is -2.05. The molecule has 104 valence electrons. The molecule has 20 heavy (non-hydrogen) atoms. The number of hydrogen-bond donors (Lipinski definition) is 1. The van der Waals surface area contributed by atoms with Crippen molar-refractivity contribution in [3.8, 4) is 5.75 Å². The van der Waals surface area contributed by atoms with E-state index in [0.717, 1.165) is 26.4 Å². The summed E-state index contributed by atoms with van der Waals surface area (Å²) in [7, 11) is 1.64. The van der Waals surface area contributed by atoms with Crippen LogP contribution < -0.4 is 10.2 Å². The molecule has 0 aliphatic heterocycles. The second-order valence-electron chi connectivity index (χ2n) is 4.07. The Morgan fingerprint density at radius 2 is 2.10 bits per heavy atom. The molecule has 0 atom stereocenters. The number of hydrogen-bond acceptors (Lipinski definition) is 3. The van der Waals surface area contributed by atoms with Crippen LogP contribution in [0.1, 0.15) is 11.1 Å². The summed E-state index contributed by atoms with van der Waals surface area (Å²) in [4.78, 5) is 0. The van der Waals surface area contributed by atoms with Gasteiger partial charge in [0.15, 0.2) is 0 Å². The summed E-state index contributed by atoms with van der Waals surface area (Å²) in [6.45, 7) is 0.576. The molecule has 2 aromatic carbocycles. The molecular weight excluding hydrogens is 340 g/mol. The van der Waals surface area contributed by atoms with E-state index < -0.39 is 0 Å². The third-order valence-corrected chi connectivity index (χ3v) is 3.58. The van der Waals surface area contributed by atoms with Gasteiger partial charge in [0.05, 0.1) is 19.9 Å². The van der Waals surface area contributed by atoms with Gasteiger partial charge in [-0.2, -0.15) is 5.10 Å². The van der Waals surface area contributed by atoms with E-state index in [0.29, 0.717) is 6.54 Å². The average Bonchev–Trinajstić information content (AvgIpc) is 2.45. The lowest BCUT2D eigenvalue weighted by atomic mass is 10.2. The Bertz CT molecular complexity index is 617. The third-order valence-electron chi connectivity index (χ3n) is 2.71. The summed E-state index contributed by atoms with van der Waals surface area (Å²) in [5.74, 6) is 0.775. The first-order chi connectivity index (χ1) is 9.70.